The fourth-order valence-electron chi connectivity index (χ4n) is 3.60. The van der Waals surface area contributed by atoms with E-state index in [-0.39, 0.29) is 0 Å². The molecule has 146 valence electrons. The fraction of sp³-hybridized carbons (Fsp3) is 0.0345. The lowest BCUT2D eigenvalue weighted by Gasteiger charge is -2.26. The average molecular weight is 388 g/mol. The van der Waals surface area contributed by atoms with Gasteiger partial charge in [-0.15, -0.1) is 0 Å². The van der Waals surface area contributed by atoms with Crippen LogP contribution in [0.4, 0.5) is 11.4 Å². The third-order valence-electron chi connectivity index (χ3n) is 5.20. The Bertz CT molecular complexity index is 1110. The van der Waals surface area contributed by atoms with Crippen LogP contribution in [0, 0.1) is 0 Å². The van der Waals surface area contributed by atoms with Crippen molar-refractivity contribution in [2.24, 2.45) is 0 Å². The molecule has 0 amide bonds. The summed E-state index contributed by atoms with van der Waals surface area (Å²) < 4.78 is 0. The third-order valence-corrected chi connectivity index (χ3v) is 5.20. The van der Waals surface area contributed by atoms with Gasteiger partial charge in [0.1, 0.15) is 0 Å². The average Bonchev–Trinajstić information content (AvgIpc) is 2.82. The number of rotatable bonds is 7. The Labute approximate surface area is 179 Å². The summed E-state index contributed by atoms with van der Waals surface area (Å²) in [5.41, 5.74) is 7.99. The zero-order valence-electron chi connectivity index (χ0n) is 17.0. The summed E-state index contributed by atoms with van der Waals surface area (Å²) in [5, 5.41) is 0. The molecular formula is C29H25N. The molecule has 0 bridgehead atoms. The van der Waals surface area contributed by atoms with E-state index in [1.165, 1.54) is 22.3 Å². The Morgan fingerprint density at radius 2 is 1.07 bits per heavy atom. The minimum Gasteiger partial charge on any atom is -0.311 e. The van der Waals surface area contributed by atoms with E-state index in [0.29, 0.717) is 0 Å². The van der Waals surface area contributed by atoms with Gasteiger partial charge in [0.15, 0.2) is 0 Å². The zero-order chi connectivity index (χ0) is 20.8. The van der Waals surface area contributed by atoms with Gasteiger partial charge in [-0.2, -0.15) is 0 Å². The van der Waals surface area contributed by atoms with Crippen LogP contribution in [0.1, 0.15) is 11.1 Å². The molecule has 1 nitrogen and oxygen atoms in total. The van der Waals surface area contributed by atoms with Gasteiger partial charge < -0.3 is 4.90 Å². The standard InChI is InChI=1S/C29H25N/c1-3-23(2)30(29-20-16-27(17-21-29)26-12-8-5-9-13-26)28-18-14-25(15-19-28)22-24-10-6-4-7-11-24/h3-21H,1-2,22H2. The second kappa shape index (κ2) is 9.11. The molecule has 0 aliphatic rings. The molecule has 0 radical (unpaired) electrons. The molecule has 0 fully saturated rings. The molecule has 0 heterocycles. The molecule has 4 rings (SSSR count). The molecule has 0 N–H and O–H groups in total. The molecule has 0 aliphatic heterocycles. The summed E-state index contributed by atoms with van der Waals surface area (Å²) >= 11 is 0. The Kier molecular flexibility index (Phi) is 5.91. The third kappa shape index (κ3) is 4.42. The molecule has 0 atom stereocenters. The van der Waals surface area contributed by atoms with E-state index in [4.69, 9.17) is 0 Å². The van der Waals surface area contributed by atoms with Gasteiger partial charge in [-0.1, -0.05) is 98.1 Å². The SMILES string of the molecule is C=CC(=C)N(c1ccc(Cc2ccccc2)cc1)c1ccc(-c2ccccc2)cc1. The first-order chi connectivity index (χ1) is 14.7. The highest BCUT2D eigenvalue weighted by Gasteiger charge is 2.12. The lowest BCUT2D eigenvalue weighted by atomic mass is 10.0. The van der Waals surface area contributed by atoms with E-state index in [1.54, 1.807) is 6.08 Å². The summed E-state index contributed by atoms with van der Waals surface area (Å²) in [4.78, 5) is 2.13. The topological polar surface area (TPSA) is 3.24 Å². The first-order valence-electron chi connectivity index (χ1n) is 10.1. The van der Waals surface area contributed by atoms with E-state index in [1.807, 2.05) is 6.07 Å². The van der Waals surface area contributed by atoms with Crippen LogP contribution in [-0.2, 0) is 6.42 Å². The maximum absolute atomic E-state index is 4.20. The molecule has 4 aromatic rings. The molecule has 0 unspecified atom stereocenters. The highest BCUT2D eigenvalue weighted by molar-refractivity contribution is 5.73. The van der Waals surface area contributed by atoms with Gasteiger partial charge >= 0.3 is 0 Å². The largest absolute Gasteiger partial charge is 0.311 e. The molecule has 4 aromatic carbocycles. The molecule has 0 spiro atoms. The predicted molar refractivity (Wildman–Crippen MR) is 129 cm³/mol. The Morgan fingerprint density at radius 3 is 1.63 bits per heavy atom. The van der Waals surface area contributed by atoms with Crippen LogP contribution in [0.2, 0.25) is 0 Å². The number of hydrogen-bond acceptors (Lipinski definition) is 1. The molecular weight excluding hydrogens is 362 g/mol. The van der Waals surface area contributed by atoms with Gasteiger partial charge in [0.05, 0.1) is 0 Å². The highest BCUT2D eigenvalue weighted by Crippen LogP contribution is 2.32. The van der Waals surface area contributed by atoms with Gasteiger partial charge in [-0.3, -0.25) is 0 Å². The van der Waals surface area contributed by atoms with Crippen molar-refractivity contribution in [1.82, 2.24) is 0 Å². The van der Waals surface area contributed by atoms with Gasteiger partial charge in [-0.05, 0) is 59.0 Å². The fourth-order valence-corrected chi connectivity index (χ4v) is 3.60. The van der Waals surface area contributed by atoms with Crippen LogP contribution in [-0.4, -0.2) is 0 Å². The van der Waals surface area contributed by atoms with Crippen LogP contribution >= 0.6 is 0 Å². The van der Waals surface area contributed by atoms with Crippen LogP contribution in [0.15, 0.2) is 134 Å². The van der Waals surface area contributed by atoms with Crippen molar-refractivity contribution in [1.29, 1.82) is 0 Å². The van der Waals surface area contributed by atoms with E-state index < -0.39 is 0 Å². The van der Waals surface area contributed by atoms with Crippen LogP contribution in [0.5, 0.6) is 0 Å². The Morgan fingerprint density at radius 1 is 0.600 bits per heavy atom. The lowest BCUT2D eigenvalue weighted by Crippen LogP contribution is -2.14. The zero-order valence-corrected chi connectivity index (χ0v) is 17.0. The first-order valence-corrected chi connectivity index (χ1v) is 10.1. The molecule has 0 aliphatic carbocycles. The maximum Gasteiger partial charge on any atom is 0.0461 e. The summed E-state index contributed by atoms with van der Waals surface area (Å²) in [5.74, 6) is 0. The van der Waals surface area contributed by atoms with Crippen LogP contribution < -0.4 is 4.90 Å². The minimum atomic E-state index is 0.846. The normalized spacial score (nSPS) is 10.4. The van der Waals surface area contributed by atoms with Gasteiger partial charge in [0, 0.05) is 17.1 Å². The quantitative estimate of drug-likeness (QED) is 0.293. The van der Waals surface area contributed by atoms with Crippen molar-refractivity contribution >= 4 is 11.4 Å². The van der Waals surface area contributed by atoms with Crippen molar-refractivity contribution in [2.75, 3.05) is 4.90 Å². The number of allylic oxidation sites excluding steroid dienone is 1. The highest BCUT2D eigenvalue weighted by atomic mass is 15.1. The second-order valence-corrected chi connectivity index (χ2v) is 7.27. The van der Waals surface area contributed by atoms with Crippen LogP contribution in [0.25, 0.3) is 11.1 Å². The number of hydrogen-bond donors (Lipinski definition) is 0. The van der Waals surface area contributed by atoms with Gasteiger partial charge in [-0.25, -0.2) is 0 Å². The van der Waals surface area contributed by atoms with Crippen molar-refractivity contribution in [3.63, 3.8) is 0 Å². The maximum atomic E-state index is 4.20. The second-order valence-electron chi connectivity index (χ2n) is 7.27. The summed E-state index contributed by atoms with van der Waals surface area (Å²) in [6.45, 7) is 8.13. The smallest absolute Gasteiger partial charge is 0.0461 e. The number of anilines is 2. The number of nitrogens with zero attached hydrogens (tertiary/aromatic N) is 1. The molecule has 30 heavy (non-hydrogen) atoms. The Balaban J connectivity index is 1.60. The minimum absolute atomic E-state index is 0.846. The van der Waals surface area contributed by atoms with Crippen molar-refractivity contribution in [3.8, 4) is 11.1 Å². The molecule has 1 heteroatoms. The Hall–Kier alpha value is -3.84. The van der Waals surface area contributed by atoms with Crippen molar-refractivity contribution in [3.05, 3.63) is 145 Å². The molecule has 0 saturated carbocycles. The van der Waals surface area contributed by atoms with E-state index >= 15 is 0 Å². The first kappa shape index (κ1) is 19.5. The van der Waals surface area contributed by atoms with E-state index in [9.17, 15) is 0 Å². The predicted octanol–water partition coefficient (Wildman–Crippen LogP) is 7.78. The molecule has 0 aromatic heterocycles. The van der Waals surface area contributed by atoms with Gasteiger partial charge in [0.25, 0.3) is 0 Å². The lowest BCUT2D eigenvalue weighted by molar-refractivity contribution is 1.17. The monoisotopic (exact) mass is 387 g/mol. The summed E-state index contributed by atoms with van der Waals surface area (Å²) in [6.07, 6.45) is 2.72. The van der Waals surface area contributed by atoms with Crippen molar-refractivity contribution in [2.45, 2.75) is 6.42 Å². The molecule has 0 saturated heterocycles. The van der Waals surface area contributed by atoms with Crippen LogP contribution in [0.3, 0.4) is 0 Å². The van der Waals surface area contributed by atoms with E-state index in [0.717, 1.165) is 23.5 Å². The van der Waals surface area contributed by atoms with E-state index in [2.05, 4.69) is 121 Å². The summed E-state index contributed by atoms with van der Waals surface area (Å²) in [6, 6.07) is 38.2. The van der Waals surface area contributed by atoms with Crippen molar-refractivity contribution < 1.29 is 0 Å². The van der Waals surface area contributed by atoms with Gasteiger partial charge in [0.2, 0.25) is 0 Å². The number of benzene rings is 4. The summed E-state index contributed by atoms with van der Waals surface area (Å²) in [7, 11) is 0.